The molecule has 1 N–H and O–H groups in total. The summed E-state index contributed by atoms with van der Waals surface area (Å²) in [6.45, 7) is 5.58. The predicted molar refractivity (Wildman–Crippen MR) is 118 cm³/mol. The average molecular weight is 426 g/mol. The predicted octanol–water partition coefficient (Wildman–Crippen LogP) is 3.83. The van der Waals surface area contributed by atoms with Gasteiger partial charge in [0.05, 0.1) is 4.90 Å². The Bertz CT molecular complexity index is 1110. The van der Waals surface area contributed by atoms with Crippen molar-refractivity contribution in [3.8, 4) is 0 Å². The lowest BCUT2D eigenvalue weighted by atomic mass is 9.99. The molecule has 30 heavy (non-hydrogen) atoms. The van der Waals surface area contributed by atoms with E-state index in [0.29, 0.717) is 42.7 Å². The smallest absolute Gasteiger partial charge is 0.270 e. The fourth-order valence-electron chi connectivity index (χ4n) is 3.84. The molecule has 1 atom stereocenters. The largest absolute Gasteiger partial charge is 0.351 e. The minimum absolute atomic E-state index is 0.0962. The first kappa shape index (κ1) is 20.6. The van der Waals surface area contributed by atoms with Crippen LogP contribution in [0.5, 0.6) is 0 Å². The molecule has 2 aromatic carbocycles. The molecule has 0 radical (unpaired) electrons. The number of hydrogen-bond donors (Lipinski definition) is 1. The van der Waals surface area contributed by atoms with E-state index in [4.69, 9.17) is 0 Å². The zero-order valence-corrected chi connectivity index (χ0v) is 18.2. The molecule has 1 saturated heterocycles. The molecule has 4 rings (SSSR count). The quantitative estimate of drug-likeness (QED) is 0.675. The number of aromatic nitrogens is 1. The van der Waals surface area contributed by atoms with Gasteiger partial charge in [0.2, 0.25) is 10.0 Å². The number of rotatable bonds is 5. The lowest BCUT2D eigenvalue weighted by Crippen LogP contribution is -2.50. The monoisotopic (exact) mass is 425 g/mol. The number of carbonyl (C=O) groups is 1. The summed E-state index contributed by atoms with van der Waals surface area (Å²) in [5, 5.41) is 0.989. The first-order chi connectivity index (χ1) is 14.4. The van der Waals surface area contributed by atoms with Crippen molar-refractivity contribution in [1.29, 1.82) is 0 Å². The van der Waals surface area contributed by atoms with Gasteiger partial charge in [-0.2, -0.15) is 4.31 Å². The number of piperazine rings is 1. The van der Waals surface area contributed by atoms with Gasteiger partial charge in [-0.3, -0.25) is 4.79 Å². The molecule has 1 aromatic heterocycles. The summed E-state index contributed by atoms with van der Waals surface area (Å²) >= 11 is 0. The zero-order valence-electron chi connectivity index (χ0n) is 17.3. The van der Waals surface area contributed by atoms with E-state index in [-0.39, 0.29) is 5.91 Å². The number of benzene rings is 2. The number of fused-ring (bicyclic) bond motifs is 1. The Morgan fingerprint density at radius 3 is 2.33 bits per heavy atom. The van der Waals surface area contributed by atoms with Gasteiger partial charge >= 0.3 is 0 Å². The Balaban J connectivity index is 1.43. The number of para-hydroxylation sites is 1. The second-order valence-corrected chi connectivity index (χ2v) is 9.78. The number of sulfonamides is 1. The molecule has 0 saturated carbocycles. The summed E-state index contributed by atoms with van der Waals surface area (Å²) in [4.78, 5) is 18.0. The first-order valence-electron chi connectivity index (χ1n) is 10.4. The molecule has 158 valence electrons. The minimum Gasteiger partial charge on any atom is -0.351 e. The van der Waals surface area contributed by atoms with E-state index in [9.17, 15) is 13.2 Å². The highest BCUT2D eigenvalue weighted by Crippen LogP contribution is 2.23. The van der Waals surface area contributed by atoms with Gasteiger partial charge in [0, 0.05) is 37.1 Å². The summed E-state index contributed by atoms with van der Waals surface area (Å²) in [5.41, 5.74) is 2.60. The van der Waals surface area contributed by atoms with Crippen molar-refractivity contribution < 1.29 is 13.2 Å². The number of carbonyl (C=O) groups excluding carboxylic acids is 1. The highest BCUT2D eigenvalue weighted by molar-refractivity contribution is 7.89. The highest BCUT2D eigenvalue weighted by atomic mass is 32.2. The number of H-pyrrole nitrogens is 1. The molecule has 3 aromatic rings. The Hall–Kier alpha value is -2.64. The third kappa shape index (κ3) is 3.87. The topological polar surface area (TPSA) is 73.5 Å². The van der Waals surface area contributed by atoms with Crippen molar-refractivity contribution in [2.45, 2.75) is 31.1 Å². The van der Waals surface area contributed by atoms with Gasteiger partial charge < -0.3 is 9.88 Å². The van der Waals surface area contributed by atoms with Gasteiger partial charge in [0.25, 0.3) is 5.91 Å². The fourth-order valence-corrected chi connectivity index (χ4v) is 5.27. The third-order valence-electron chi connectivity index (χ3n) is 5.99. The van der Waals surface area contributed by atoms with Crippen LogP contribution in [0.15, 0.2) is 59.5 Å². The molecule has 6 nitrogen and oxygen atoms in total. The molecule has 0 spiro atoms. The number of amides is 1. The van der Waals surface area contributed by atoms with Crippen LogP contribution >= 0.6 is 0 Å². The van der Waals surface area contributed by atoms with Crippen molar-refractivity contribution in [2.24, 2.45) is 0 Å². The Morgan fingerprint density at radius 1 is 1.03 bits per heavy atom. The number of nitrogens with zero attached hydrogens (tertiary/aromatic N) is 2. The lowest BCUT2D eigenvalue weighted by molar-refractivity contribution is 0.0693. The molecule has 1 amide bonds. The van der Waals surface area contributed by atoms with E-state index >= 15 is 0 Å². The van der Waals surface area contributed by atoms with E-state index in [0.717, 1.165) is 22.9 Å². The SMILES string of the molecule is CC[C@H](C)c1ccc(S(=O)(=O)N2CCN(C(=O)c3cc4ccccc4[nH]3)CC2)cc1. The molecule has 0 aliphatic carbocycles. The van der Waals surface area contributed by atoms with Crippen LogP contribution in [-0.2, 0) is 10.0 Å². The Morgan fingerprint density at radius 2 is 1.70 bits per heavy atom. The molecule has 7 heteroatoms. The normalized spacial score (nSPS) is 16.7. The summed E-state index contributed by atoms with van der Waals surface area (Å²) < 4.78 is 27.5. The van der Waals surface area contributed by atoms with Crippen molar-refractivity contribution in [3.63, 3.8) is 0 Å². The Kier molecular flexibility index (Phi) is 5.66. The van der Waals surface area contributed by atoms with Crippen molar-refractivity contribution in [2.75, 3.05) is 26.2 Å². The zero-order chi connectivity index (χ0) is 21.3. The average Bonchev–Trinajstić information content (AvgIpc) is 3.22. The van der Waals surface area contributed by atoms with E-state index < -0.39 is 10.0 Å². The second kappa shape index (κ2) is 8.24. The highest BCUT2D eigenvalue weighted by Gasteiger charge is 2.30. The molecule has 0 unspecified atom stereocenters. The van der Waals surface area contributed by atoms with Crippen LogP contribution in [0.4, 0.5) is 0 Å². The van der Waals surface area contributed by atoms with Gasteiger partial charge in [-0.1, -0.05) is 44.2 Å². The minimum atomic E-state index is -3.56. The van der Waals surface area contributed by atoms with Gasteiger partial charge in [0.15, 0.2) is 0 Å². The maximum atomic E-state index is 13.0. The molecular weight excluding hydrogens is 398 g/mol. The van der Waals surface area contributed by atoms with Crippen molar-refractivity contribution >= 4 is 26.8 Å². The molecule has 2 heterocycles. The van der Waals surface area contributed by atoms with E-state index in [1.54, 1.807) is 17.0 Å². The van der Waals surface area contributed by atoms with Gasteiger partial charge in [-0.25, -0.2) is 8.42 Å². The maximum Gasteiger partial charge on any atom is 0.270 e. The number of aromatic amines is 1. The summed E-state index contributed by atoms with van der Waals surface area (Å²) in [5.74, 6) is 0.308. The first-order valence-corrected chi connectivity index (χ1v) is 11.8. The van der Waals surface area contributed by atoms with Crippen LogP contribution in [0.25, 0.3) is 10.9 Å². The van der Waals surface area contributed by atoms with Crippen LogP contribution < -0.4 is 0 Å². The van der Waals surface area contributed by atoms with E-state index in [1.807, 2.05) is 42.5 Å². The Labute approximate surface area is 177 Å². The van der Waals surface area contributed by atoms with Crippen LogP contribution in [0.3, 0.4) is 0 Å². The van der Waals surface area contributed by atoms with Crippen LogP contribution in [0.2, 0.25) is 0 Å². The molecule has 0 bridgehead atoms. The van der Waals surface area contributed by atoms with Crippen LogP contribution in [0.1, 0.15) is 42.2 Å². The maximum absolute atomic E-state index is 13.0. The summed E-state index contributed by atoms with van der Waals surface area (Å²) in [6.07, 6.45) is 1.01. The van der Waals surface area contributed by atoms with Crippen LogP contribution in [0, 0.1) is 0 Å². The summed E-state index contributed by atoms with van der Waals surface area (Å²) in [6, 6.07) is 16.8. The third-order valence-corrected chi connectivity index (χ3v) is 7.90. The van der Waals surface area contributed by atoms with Crippen molar-refractivity contribution in [1.82, 2.24) is 14.2 Å². The molecular formula is C23H27N3O3S. The molecule has 1 aliphatic rings. The van der Waals surface area contributed by atoms with Gasteiger partial charge in [0.1, 0.15) is 5.69 Å². The number of nitrogens with one attached hydrogen (secondary N) is 1. The summed E-state index contributed by atoms with van der Waals surface area (Å²) in [7, 11) is -3.56. The van der Waals surface area contributed by atoms with Crippen molar-refractivity contribution in [3.05, 3.63) is 65.9 Å². The van der Waals surface area contributed by atoms with Crippen LogP contribution in [-0.4, -0.2) is 54.7 Å². The van der Waals surface area contributed by atoms with Gasteiger partial charge in [-0.15, -0.1) is 0 Å². The molecule has 1 aliphatic heterocycles. The number of hydrogen-bond acceptors (Lipinski definition) is 3. The standard InChI is InChI=1S/C23H27N3O3S/c1-3-17(2)18-8-10-20(11-9-18)30(28,29)26-14-12-25(13-15-26)23(27)22-16-19-6-4-5-7-21(19)24-22/h4-11,16-17,24H,3,12-15H2,1-2H3/t17-/m0/s1. The lowest BCUT2D eigenvalue weighted by Gasteiger charge is -2.33. The fraction of sp³-hybridized carbons (Fsp3) is 0.348. The molecule has 1 fully saturated rings. The second-order valence-electron chi connectivity index (χ2n) is 7.84. The van der Waals surface area contributed by atoms with E-state index in [1.165, 1.54) is 4.31 Å². The van der Waals surface area contributed by atoms with Gasteiger partial charge in [-0.05, 0) is 42.2 Å². The van der Waals surface area contributed by atoms with E-state index in [2.05, 4.69) is 18.8 Å².